The average molecular weight is 310 g/mol. The van der Waals surface area contributed by atoms with Gasteiger partial charge in [0.25, 0.3) is 0 Å². The number of hydrogen-bond donors (Lipinski definition) is 1. The van der Waals surface area contributed by atoms with Crippen LogP contribution in [0.1, 0.15) is 0 Å². The zero-order valence-electron chi connectivity index (χ0n) is 10.9. The molecule has 0 saturated heterocycles. The predicted octanol–water partition coefficient (Wildman–Crippen LogP) is 3.97. The molecule has 102 valence electrons. The Hall–Kier alpha value is -2.18. The van der Waals surface area contributed by atoms with Gasteiger partial charge in [-0.3, -0.25) is 0 Å². The minimum absolute atomic E-state index is 0.710. The highest BCUT2D eigenvalue weighted by atomic mass is 32.2. The molecular formula is C15H10N4S2. The molecular weight excluding hydrogens is 300 g/mol. The van der Waals surface area contributed by atoms with Gasteiger partial charge in [-0.1, -0.05) is 30.0 Å². The van der Waals surface area contributed by atoms with Crippen LogP contribution in [0.2, 0.25) is 0 Å². The van der Waals surface area contributed by atoms with E-state index in [0.29, 0.717) is 5.69 Å². The summed E-state index contributed by atoms with van der Waals surface area (Å²) < 4.78 is 1.10. The number of para-hydroxylation sites is 1. The van der Waals surface area contributed by atoms with Crippen molar-refractivity contribution in [2.45, 2.75) is 9.92 Å². The molecule has 4 nitrogen and oxygen atoms in total. The molecule has 0 bridgehead atoms. The standard InChI is InChI=1S/C15H10N4S2/c16-13-11(5-6-12-14(13)19-8-20-12)21-15-9-3-1-2-4-10(9)17-7-18-15/h1-8H,16H2. The van der Waals surface area contributed by atoms with E-state index in [-0.39, 0.29) is 0 Å². The van der Waals surface area contributed by atoms with Gasteiger partial charge in [-0.15, -0.1) is 11.3 Å². The fraction of sp³-hybridized carbons (Fsp3) is 0. The molecule has 0 fully saturated rings. The second kappa shape index (κ2) is 4.98. The van der Waals surface area contributed by atoms with Crippen molar-refractivity contribution >= 4 is 49.9 Å². The molecule has 2 heterocycles. The fourth-order valence-electron chi connectivity index (χ4n) is 2.19. The van der Waals surface area contributed by atoms with Crippen LogP contribution >= 0.6 is 23.1 Å². The second-order valence-corrected chi connectivity index (χ2v) is 6.39. The Bertz CT molecular complexity index is 943. The Morgan fingerprint density at radius 3 is 2.86 bits per heavy atom. The number of rotatable bonds is 2. The summed E-state index contributed by atoms with van der Waals surface area (Å²) in [6.07, 6.45) is 1.59. The Balaban J connectivity index is 1.84. The highest BCUT2D eigenvalue weighted by Crippen LogP contribution is 2.38. The lowest BCUT2D eigenvalue weighted by atomic mass is 10.2. The molecule has 0 aliphatic rings. The number of benzene rings is 2. The minimum atomic E-state index is 0.710. The first kappa shape index (κ1) is 12.6. The Kier molecular flexibility index (Phi) is 2.98. The van der Waals surface area contributed by atoms with Crippen LogP contribution < -0.4 is 5.73 Å². The fourth-order valence-corrected chi connectivity index (χ4v) is 3.81. The number of aromatic nitrogens is 3. The smallest absolute Gasteiger partial charge is 0.117 e. The number of fused-ring (bicyclic) bond motifs is 2. The molecule has 0 amide bonds. The third-order valence-electron chi connectivity index (χ3n) is 3.21. The van der Waals surface area contributed by atoms with Gasteiger partial charge in [-0.25, -0.2) is 15.0 Å². The number of nitrogens with zero attached hydrogens (tertiary/aromatic N) is 3. The quantitative estimate of drug-likeness (QED) is 0.448. The van der Waals surface area contributed by atoms with Crippen molar-refractivity contribution in [1.82, 2.24) is 15.0 Å². The molecule has 0 aliphatic carbocycles. The molecule has 6 heteroatoms. The van der Waals surface area contributed by atoms with Crippen molar-refractivity contribution in [1.29, 1.82) is 0 Å². The largest absolute Gasteiger partial charge is 0.396 e. The molecule has 0 saturated carbocycles. The molecule has 2 N–H and O–H groups in total. The lowest BCUT2D eigenvalue weighted by Crippen LogP contribution is -1.92. The molecule has 0 radical (unpaired) electrons. The first-order chi connectivity index (χ1) is 10.3. The summed E-state index contributed by atoms with van der Waals surface area (Å²) in [6, 6.07) is 12.0. The lowest BCUT2D eigenvalue weighted by molar-refractivity contribution is 1.10. The van der Waals surface area contributed by atoms with Crippen LogP contribution in [-0.2, 0) is 0 Å². The van der Waals surface area contributed by atoms with Crippen LogP contribution in [0, 0.1) is 0 Å². The Labute approximate surface area is 129 Å². The zero-order valence-corrected chi connectivity index (χ0v) is 12.5. The van der Waals surface area contributed by atoms with Gasteiger partial charge in [-0.2, -0.15) is 0 Å². The van der Waals surface area contributed by atoms with E-state index in [1.807, 2.05) is 35.8 Å². The average Bonchev–Trinajstić information content (AvgIpc) is 3.00. The second-order valence-electron chi connectivity index (χ2n) is 4.47. The number of anilines is 1. The van der Waals surface area contributed by atoms with E-state index in [2.05, 4.69) is 21.0 Å². The monoisotopic (exact) mass is 310 g/mol. The van der Waals surface area contributed by atoms with E-state index < -0.39 is 0 Å². The third-order valence-corrected chi connectivity index (χ3v) is 5.10. The molecule has 0 spiro atoms. The molecule has 2 aromatic heterocycles. The highest BCUT2D eigenvalue weighted by Gasteiger charge is 2.11. The van der Waals surface area contributed by atoms with E-state index in [0.717, 1.165) is 31.0 Å². The maximum absolute atomic E-state index is 6.24. The van der Waals surface area contributed by atoms with Crippen LogP contribution in [0.3, 0.4) is 0 Å². The maximum Gasteiger partial charge on any atom is 0.117 e. The van der Waals surface area contributed by atoms with Crippen molar-refractivity contribution in [3.63, 3.8) is 0 Å². The molecule has 2 aromatic carbocycles. The summed E-state index contributed by atoms with van der Waals surface area (Å²) in [7, 11) is 0. The van der Waals surface area contributed by atoms with Gasteiger partial charge in [0, 0.05) is 10.3 Å². The predicted molar refractivity (Wildman–Crippen MR) is 87.7 cm³/mol. The number of nitrogen functional groups attached to an aromatic ring is 1. The van der Waals surface area contributed by atoms with Crippen LogP contribution in [0.15, 0.2) is 58.2 Å². The topological polar surface area (TPSA) is 64.7 Å². The van der Waals surface area contributed by atoms with Crippen molar-refractivity contribution < 1.29 is 0 Å². The SMILES string of the molecule is Nc1c(Sc2ncnc3ccccc23)ccc2scnc12. The third kappa shape index (κ3) is 2.12. The Morgan fingerprint density at radius 2 is 1.90 bits per heavy atom. The van der Waals surface area contributed by atoms with Gasteiger partial charge in [0.1, 0.15) is 16.9 Å². The van der Waals surface area contributed by atoms with Gasteiger partial charge < -0.3 is 5.73 Å². The number of hydrogen-bond acceptors (Lipinski definition) is 6. The van der Waals surface area contributed by atoms with Crippen LogP contribution in [0.25, 0.3) is 21.1 Å². The summed E-state index contributed by atoms with van der Waals surface area (Å²) >= 11 is 3.14. The minimum Gasteiger partial charge on any atom is -0.396 e. The molecule has 4 aromatic rings. The summed E-state index contributed by atoms with van der Waals surface area (Å²) in [5.74, 6) is 0. The van der Waals surface area contributed by atoms with Crippen molar-refractivity contribution in [2.75, 3.05) is 5.73 Å². The normalized spacial score (nSPS) is 11.2. The van der Waals surface area contributed by atoms with Gasteiger partial charge in [0.05, 0.1) is 21.4 Å². The van der Waals surface area contributed by atoms with Crippen LogP contribution in [-0.4, -0.2) is 15.0 Å². The van der Waals surface area contributed by atoms with Crippen molar-refractivity contribution in [3.8, 4) is 0 Å². The molecule has 21 heavy (non-hydrogen) atoms. The summed E-state index contributed by atoms with van der Waals surface area (Å²) in [6.45, 7) is 0. The van der Waals surface area contributed by atoms with E-state index in [4.69, 9.17) is 5.73 Å². The van der Waals surface area contributed by atoms with Crippen molar-refractivity contribution in [2.24, 2.45) is 0 Å². The highest BCUT2D eigenvalue weighted by molar-refractivity contribution is 7.99. The van der Waals surface area contributed by atoms with Crippen LogP contribution in [0.4, 0.5) is 5.69 Å². The summed E-state index contributed by atoms with van der Waals surface area (Å²) in [4.78, 5) is 14.0. The summed E-state index contributed by atoms with van der Waals surface area (Å²) in [5, 5.41) is 1.93. The van der Waals surface area contributed by atoms with Gasteiger partial charge in [-0.05, 0) is 18.2 Å². The lowest BCUT2D eigenvalue weighted by Gasteiger charge is -2.07. The molecule has 4 rings (SSSR count). The van der Waals surface area contributed by atoms with Crippen LogP contribution in [0.5, 0.6) is 0 Å². The first-order valence-electron chi connectivity index (χ1n) is 6.32. The van der Waals surface area contributed by atoms with E-state index in [9.17, 15) is 0 Å². The van der Waals surface area contributed by atoms with E-state index in [1.54, 1.807) is 29.4 Å². The van der Waals surface area contributed by atoms with Crippen molar-refractivity contribution in [3.05, 3.63) is 48.2 Å². The number of nitrogens with two attached hydrogens (primary N) is 1. The summed E-state index contributed by atoms with van der Waals surface area (Å²) in [5.41, 5.74) is 10.6. The molecule has 0 unspecified atom stereocenters. The van der Waals surface area contributed by atoms with Gasteiger partial charge >= 0.3 is 0 Å². The molecule has 0 aliphatic heterocycles. The van der Waals surface area contributed by atoms with E-state index in [1.165, 1.54) is 0 Å². The number of thiazole rings is 1. The molecule has 0 atom stereocenters. The van der Waals surface area contributed by atoms with E-state index >= 15 is 0 Å². The van der Waals surface area contributed by atoms with Gasteiger partial charge in [0.15, 0.2) is 0 Å². The first-order valence-corrected chi connectivity index (χ1v) is 8.02. The maximum atomic E-state index is 6.24. The zero-order chi connectivity index (χ0) is 14.2. The van der Waals surface area contributed by atoms with Gasteiger partial charge in [0.2, 0.25) is 0 Å². The Morgan fingerprint density at radius 1 is 1.00 bits per heavy atom.